The van der Waals surface area contributed by atoms with Crippen LogP contribution < -0.4 is 4.74 Å². The van der Waals surface area contributed by atoms with Crippen molar-refractivity contribution in [3.63, 3.8) is 0 Å². The molecule has 0 fully saturated rings. The monoisotopic (exact) mass is 492 g/mol. The van der Waals surface area contributed by atoms with Crippen LogP contribution in [0, 0.1) is 11.6 Å². The highest BCUT2D eigenvalue weighted by Gasteiger charge is 2.16. The molecular weight excluding hydrogens is 450 g/mol. The fraction of sp³-hybridized carbons (Fsp3) is 0.455. The zero-order valence-corrected chi connectivity index (χ0v) is 22.1. The number of aryl methyl sites for hydroxylation is 1. The number of hydrogen-bond donors (Lipinski definition) is 0. The average Bonchev–Trinajstić information content (AvgIpc) is 2.90. The first-order valence-electron chi connectivity index (χ1n) is 13.9. The lowest BCUT2D eigenvalue weighted by molar-refractivity contribution is 0.285. The minimum atomic E-state index is -0.907. The third-order valence-electron chi connectivity index (χ3n) is 6.82. The van der Waals surface area contributed by atoms with Crippen molar-refractivity contribution in [3.8, 4) is 28.0 Å². The maximum atomic E-state index is 14.9. The van der Waals surface area contributed by atoms with Gasteiger partial charge in [0.2, 0.25) is 5.82 Å². The van der Waals surface area contributed by atoms with Crippen LogP contribution in [0.4, 0.5) is 8.78 Å². The van der Waals surface area contributed by atoms with E-state index in [4.69, 9.17) is 4.74 Å². The molecule has 1 nitrogen and oxygen atoms in total. The summed E-state index contributed by atoms with van der Waals surface area (Å²) < 4.78 is 35.1. The van der Waals surface area contributed by atoms with E-state index in [2.05, 4.69) is 38.1 Å². The first-order chi connectivity index (χ1) is 17.6. The summed E-state index contributed by atoms with van der Waals surface area (Å²) in [6, 6.07) is 19.3. The summed E-state index contributed by atoms with van der Waals surface area (Å²) in [5, 5.41) is 0. The molecule has 0 atom stereocenters. The predicted molar refractivity (Wildman–Crippen MR) is 149 cm³/mol. The number of unbranched alkanes of at least 4 members (excludes halogenated alkanes) is 9. The van der Waals surface area contributed by atoms with Crippen molar-refractivity contribution in [1.82, 2.24) is 0 Å². The van der Waals surface area contributed by atoms with Crippen molar-refractivity contribution in [2.75, 3.05) is 6.61 Å². The van der Waals surface area contributed by atoms with Crippen molar-refractivity contribution in [1.29, 1.82) is 0 Å². The summed E-state index contributed by atoms with van der Waals surface area (Å²) in [7, 11) is 0. The second-order valence-corrected chi connectivity index (χ2v) is 9.79. The van der Waals surface area contributed by atoms with Crippen LogP contribution in [0.3, 0.4) is 0 Å². The Morgan fingerprint density at radius 1 is 0.528 bits per heavy atom. The van der Waals surface area contributed by atoms with Crippen LogP contribution in [0.2, 0.25) is 0 Å². The highest BCUT2D eigenvalue weighted by atomic mass is 19.2. The predicted octanol–water partition coefficient (Wildman–Crippen LogP) is 10.6. The molecule has 3 heteroatoms. The van der Waals surface area contributed by atoms with E-state index in [1.165, 1.54) is 56.9 Å². The minimum absolute atomic E-state index is 0.00374. The average molecular weight is 493 g/mol. The molecule has 0 amide bonds. The molecule has 0 N–H and O–H groups in total. The van der Waals surface area contributed by atoms with E-state index >= 15 is 0 Å². The quantitative estimate of drug-likeness (QED) is 0.181. The van der Waals surface area contributed by atoms with Crippen molar-refractivity contribution < 1.29 is 13.5 Å². The smallest absolute Gasteiger partial charge is 0.201 e. The number of hydrogen-bond acceptors (Lipinski definition) is 1. The molecule has 0 aliphatic heterocycles. The molecule has 36 heavy (non-hydrogen) atoms. The Morgan fingerprint density at radius 2 is 1.06 bits per heavy atom. The molecular formula is C33H42F2O. The van der Waals surface area contributed by atoms with Gasteiger partial charge in [0, 0.05) is 5.56 Å². The molecule has 3 aromatic rings. The lowest BCUT2D eigenvalue weighted by Gasteiger charge is -2.11. The Bertz CT molecular complexity index is 1020. The second-order valence-electron chi connectivity index (χ2n) is 9.79. The lowest BCUT2D eigenvalue weighted by Crippen LogP contribution is -2.01. The third kappa shape index (κ3) is 8.47. The molecule has 0 saturated carbocycles. The maximum absolute atomic E-state index is 14.9. The molecule has 0 aliphatic rings. The van der Waals surface area contributed by atoms with E-state index in [9.17, 15) is 8.78 Å². The standard InChI is InChI=1S/C33H42F2O/c1-3-5-6-7-8-9-10-11-12-13-25-36-31-24-23-30(32(34)33(31)35)29-21-19-28(20-22-29)27-17-15-26(14-4-2)16-18-27/h15-24H,3-14,25H2,1-2H3. The first-order valence-corrected chi connectivity index (χ1v) is 13.9. The van der Waals surface area contributed by atoms with Gasteiger partial charge in [-0.25, -0.2) is 4.39 Å². The summed E-state index contributed by atoms with van der Waals surface area (Å²) in [5.41, 5.74) is 4.40. The zero-order chi connectivity index (χ0) is 25.6. The zero-order valence-electron chi connectivity index (χ0n) is 22.1. The van der Waals surface area contributed by atoms with Gasteiger partial charge in [-0.15, -0.1) is 0 Å². The fourth-order valence-corrected chi connectivity index (χ4v) is 4.63. The van der Waals surface area contributed by atoms with Crippen molar-refractivity contribution >= 4 is 0 Å². The van der Waals surface area contributed by atoms with Gasteiger partial charge in [-0.2, -0.15) is 4.39 Å². The molecule has 0 saturated heterocycles. The number of halogens is 2. The van der Waals surface area contributed by atoms with Crippen molar-refractivity contribution in [3.05, 3.63) is 77.9 Å². The SMILES string of the molecule is CCCCCCCCCCCCOc1ccc(-c2ccc(-c3ccc(CCC)cc3)cc2)c(F)c1F. The van der Waals surface area contributed by atoms with Crippen LogP contribution in [0.5, 0.6) is 5.75 Å². The van der Waals surface area contributed by atoms with Gasteiger partial charge in [0.1, 0.15) is 0 Å². The van der Waals surface area contributed by atoms with Gasteiger partial charge in [-0.1, -0.05) is 127 Å². The van der Waals surface area contributed by atoms with Crippen LogP contribution >= 0.6 is 0 Å². The molecule has 0 spiro atoms. The topological polar surface area (TPSA) is 9.23 Å². The largest absolute Gasteiger partial charge is 0.490 e. The van der Waals surface area contributed by atoms with Crippen molar-refractivity contribution in [2.45, 2.75) is 90.9 Å². The number of rotatable bonds is 16. The van der Waals surface area contributed by atoms with Crippen LogP contribution in [0.15, 0.2) is 60.7 Å². The van der Waals surface area contributed by atoms with Crippen LogP contribution in [-0.2, 0) is 6.42 Å². The van der Waals surface area contributed by atoms with Crippen LogP contribution in [-0.4, -0.2) is 6.61 Å². The van der Waals surface area contributed by atoms with Gasteiger partial charge < -0.3 is 4.74 Å². The first kappa shape index (κ1) is 27.9. The van der Waals surface area contributed by atoms with Crippen molar-refractivity contribution in [2.24, 2.45) is 0 Å². The van der Waals surface area contributed by atoms with E-state index in [1.807, 2.05) is 24.3 Å². The second kappa shape index (κ2) is 15.4. The van der Waals surface area contributed by atoms with Crippen LogP contribution in [0.1, 0.15) is 90.0 Å². The minimum Gasteiger partial charge on any atom is -0.490 e. The van der Waals surface area contributed by atoms with E-state index in [-0.39, 0.29) is 11.3 Å². The van der Waals surface area contributed by atoms with Crippen LogP contribution in [0.25, 0.3) is 22.3 Å². The summed E-state index contributed by atoms with van der Waals surface area (Å²) in [6.07, 6.45) is 14.5. The van der Waals surface area contributed by atoms with E-state index < -0.39 is 11.6 Å². The lowest BCUT2D eigenvalue weighted by atomic mass is 9.98. The molecule has 3 rings (SSSR count). The van der Waals surface area contributed by atoms with Gasteiger partial charge in [-0.05, 0) is 47.2 Å². The Labute approximate surface area is 216 Å². The Balaban J connectivity index is 1.47. The van der Waals surface area contributed by atoms with Gasteiger partial charge in [-0.3, -0.25) is 0 Å². The summed E-state index contributed by atoms with van der Waals surface area (Å²) in [6.45, 7) is 4.83. The van der Waals surface area contributed by atoms with E-state index in [1.54, 1.807) is 12.1 Å². The summed E-state index contributed by atoms with van der Waals surface area (Å²) in [5.74, 6) is -1.77. The molecule has 0 heterocycles. The van der Waals surface area contributed by atoms with Gasteiger partial charge >= 0.3 is 0 Å². The molecule has 0 aliphatic carbocycles. The highest BCUT2D eigenvalue weighted by Crippen LogP contribution is 2.31. The van der Waals surface area contributed by atoms with Gasteiger partial charge in [0.05, 0.1) is 6.61 Å². The molecule has 0 bridgehead atoms. The molecule has 0 radical (unpaired) electrons. The highest BCUT2D eigenvalue weighted by molar-refractivity contribution is 5.71. The molecule has 194 valence electrons. The normalized spacial score (nSPS) is 11.1. The molecule has 0 aromatic heterocycles. The summed E-state index contributed by atoms with van der Waals surface area (Å²) >= 11 is 0. The van der Waals surface area contributed by atoms with E-state index in [0.29, 0.717) is 12.2 Å². The third-order valence-corrected chi connectivity index (χ3v) is 6.82. The maximum Gasteiger partial charge on any atom is 0.201 e. The Morgan fingerprint density at radius 3 is 1.64 bits per heavy atom. The Kier molecular flexibility index (Phi) is 12.0. The molecule has 0 unspecified atom stereocenters. The van der Waals surface area contributed by atoms with Gasteiger partial charge in [0.25, 0.3) is 0 Å². The van der Waals surface area contributed by atoms with Gasteiger partial charge in [0.15, 0.2) is 11.6 Å². The fourth-order valence-electron chi connectivity index (χ4n) is 4.63. The number of ether oxygens (including phenoxy) is 1. The molecule has 3 aromatic carbocycles. The Hall–Kier alpha value is -2.68. The summed E-state index contributed by atoms with van der Waals surface area (Å²) in [4.78, 5) is 0. The number of benzene rings is 3. The van der Waals surface area contributed by atoms with E-state index in [0.717, 1.165) is 36.8 Å².